The van der Waals surface area contributed by atoms with E-state index in [1.165, 1.54) is 12.8 Å². The standard InChI is InChI=1S/C24H35O3.C6H14N2.C2H2O4.ClH.Pt/c1-2-3-4-5-6-7-8-9-10-11-12-13-14-15-16-17-18-19-20-21-24(26)27-23-22-25;7-5-3-1-2-4-6(5)8;3-1(4)2(5)6;;/h3-4,6-7,9-10,12-13,15-16,18-19H,2,5,8,11,14,17,20-23H2,1H3;5-6H,1-4,7-8H2;(H,3,4)(H,5,6);1H;/q-1;;;;+4/p-3/b4-3-,7-6-,10-9-,13-12-,16-15-,19-18-;;;;/t;5-,6-;;;/m.1.../s1. The number of hydrogen-bond donors (Lipinski definition) is 2. The third-order valence-corrected chi connectivity index (χ3v) is 5.50. The second-order valence-electron chi connectivity index (χ2n) is 9.07. The molecule has 0 bridgehead atoms. The summed E-state index contributed by atoms with van der Waals surface area (Å²) in [5.41, 5.74) is 11.3. The molecule has 0 spiro atoms. The molecule has 4 N–H and O–H groups in total. The van der Waals surface area contributed by atoms with Crippen molar-refractivity contribution in [1.29, 1.82) is 0 Å². The Morgan fingerprint density at radius 1 is 0.698 bits per heavy atom. The summed E-state index contributed by atoms with van der Waals surface area (Å²) < 4.78 is 4.71. The fourth-order valence-corrected chi connectivity index (χ4v) is 3.26. The van der Waals surface area contributed by atoms with Crippen molar-refractivity contribution in [1.82, 2.24) is 0 Å². The summed E-state index contributed by atoms with van der Waals surface area (Å²) in [5.74, 6) is -4.67. The zero-order valence-electron chi connectivity index (χ0n) is 25.2. The number of carbonyl (C=O) groups is 3. The van der Waals surface area contributed by atoms with Gasteiger partial charge in [0, 0.05) is 18.5 Å². The molecule has 1 aliphatic carbocycles. The van der Waals surface area contributed by atoms with Crippen molar-refractivity contribution in [3.8, 4) is 0 Å². The zero-order valence-corrected chi connectivity index (χ0v) is 28.2. The number of halogens is 1. The Morgan fingerprint density at radius 2 is 1.05 bits per heavy atom. The molecule has 0 aromatic heterocycles. The molecule has 1 rings (SSSR count). The van der Waals surface area contributed by atoms with Crippen molar-refractivity contribution in [3.63, 3.8) is 0 Å². The van der Waals surface area contributed by atoms with Crippen LogP contribution in [-0.2, 0) is 40.2 Å². The molecule has 0 aromatic carbocycles. The number of nitrogens with two attached hydrogens (primary N) is 2. The smallest absolute Gasteiger partial charge is 1.00 e. The van der Waals surface area contributed by atoms with Gasteiger partial charge in [-0.05, 0) is 57.8 Å². The van der Waals surface area contributed by atoms with Gasteiger partial charge in [0.1, 0.15) is 0 Å². The summed E-state index contributed by atoms with van der Waals surface area (Å²) >= 11 is 0. The van der Waals surface area contributed by atoms with E-state index in [1.807, 2.05) is 12.2 Å². The maximum atomic E-state index is 11.2. The van der Waals surface area contributed by atoms with E-state index in [2.05, 4.69) is 67.7 Å². The first-order chi connectivity index (χ1) is 19.8. The molecular weight excluding hydrogens is 755 g/mol. The molecule has 1 aliphatic rings. The van der Waals surface area contributed by atoms with Crippen LogP contribution in [0.3, 0.4) is 0 Å². The van der Waals surface area contributed by atoms with Gasteiger partial charge in [0.2, 0.25) is 0 Å². The van der Waals surface area contributed by atoms with E-state index in [4.69, 9.17) is 36.0 Å². The fraction of sp³-hybridized carbons (Fsp3) is 0.531. The van der Waals surface area contributed by atoms with Gasteiger partial charge < -0.3 is 53.5 Å². The zero-order chi connectivity index (χ0) is 31.0. The molecule has 1 saturated carbocycles. The first-order valence-corrected chi connectivity index (χ1v) is 14.3. The first-order valence-electron chi connectivity index (χ1n) is 14.3. The van der Waals surface area contributed by atoms with Crippen LogP contribution < -0.4 is 39.2 Å². The predicted octanol–water partition coefficient (Wildman–Crippen LogP) is -0.929. The van der Waals surface area contributed by atoms with E-state index in [0.717, 1.165) is 51.4 Å². The number of hydrogen-bond acceptors (Lipinski definition) is 9. The molecule has 0 saturated heterocycles. The quantitative estimate of drug-likeness (QED) is 0.113. The fourth-order valence-electron chi connectivity index (χ4n) is 3.26. The SMILES string of the molecule is CC/C=C\C/C=C\C/C=C\C/C=C\C/C=C\C/C=C\CCC(=O)OCC[O-].N[C@@H]1CCCC[C@H]1N.O=C([O-])C(=O)[O-].[Cl-].[Pt+4]. The van der Waals surface area contributed by atoms with Crippen LogP contribution >= 0.6 is 0 Å². The van der Waals surface area contributed by atoms with Crippen molar-refractivity contribution in [3.05, 3.63) is 72.9 Å². The molecule has 43 heavy (non-hydrogen) atoms. The van der Waals surface area contributed by atoms with Crippen molar-refractivity contribution < 1.29 is 67.9 Å². The second kappa shape index (κ2) is 37.7. The minimum atomic E-state index is -2.19. The van der Waals surface area contributed by atoms with E-state index >= 15 is 0 Å². The number of carboxylic acid groups (broad SMARTS) is 2. The maximum absolute atomic E-state index is 11.2. The normalized spacial score (nSPS) is 16.5. The van der Waals surface area contributed by atoms with Crippen molar-refractivity contribution in [2.75, 3.05) is 13.2 Å². The van der Waals surface area contributed by atoms with Crippen LogP contribution in [0.2, 0.25) is 0 Å². The number of allylic oxidation sites excluding steroid dienone is 12. The van der Waals surface area contributed by atoms with Crippen molar-refractivity contribution in [2.45, 2.75) is 96.1 Å². The molecule has 9 nitrogen and oxygen atoms in total. The molecule has 246 valence electrons. The summed E-state index contributed by atoms with van der Waals surface area (Å²) in [6.45, 7) is 1.75. The topological polar surface area (TPSA) is 182 Å². The summed E-state index contributed by atoms with van der Waals surface area (Å²) in [6, 6.07) is 0.562. The summed E-state index contributed by atoms with van der Waals surface area (Å²) in [6.07, 6.45) is 37.5. The van der Waals surface area contributed by atoms with Crippen LogP contribution in [0, 0.1) is 0 Å². The van der Waals surface area contributed by atoms with Gasteiger partial charge in [0.25, 0.3) is 0 Å². The molecule has 1 fully saturated rings. The summed E-state index contributed by atoms with van der Waals surface area (Å²) in [4.78, 5) is 29.0. The van der Waals surface area contributed by atoms with Gasteiger partial charge in [0.05, 0.1) is 18.5 Å². The Hall–Kier alpha value is -2.29. The van der Waals surface area contributed by atoms with Gasteiger partial charge >= 0.3 is 27.0 Å². The van der Waals surface area contributed by atoms with Crippen molar-refractivity contribution in [2.24, 2.45) is 11.5 Å². The third kappa shape index (κ3) is 39.7. The average Bonchev–Trinajstić information content (AvgIpc) is 2.95. The van der Waals surface area contributed by atoms with Gasteiger partial charge in [-0.25, -0.2) is 0 Å². The van der Waals surface area contributed by atoms with Crippen LogP contribution in [0.15, 0.2) is 72.9 Å². The Morgan fingerprint density at radius 3 is 1.35 bits per heavy atom. The van der Waals surface area contributed by atoms with Crippen LogP contribution in [0.25, 0.3) is 0 Å². The van der Waals surface area contributed by atoms with Crippen LogP contribution in [-0.4, -0.2) is 43.2 Å². The van der Waals surface area contributed by atoms with Gasteiger partial charge in [-0.3, -0.25) is 4.79 Å². The molecule has 0 aromatic rings. The number of aliphatic carboxylic acids is 2. The Labute approximate surface area is 278 Å². The molecule has 0 aliphatic heterocycles. The Bertz CT molecular complexity index is 837. The Balaban J connectivity index is -0.000000388. The van der Waals surface area contributed by atoms with Gasteiger partial charge in [-0.15, -0.1) is 6.61 Å². The molecule has 0 radical (unpaired) electrons. The predicted molar refractivity (Wildman–Crippen MR) is 158 cm³/mol. The number of carboxylic acids is 2. The van der Waals surface area contributed by atoms with Crippen LogP contribution in [0.5, 0.6) is 0 Å². The minimum Gasteiger partial charge on any atom is -1.00 e. The van der Waals surface area contributed by atoms with Crippen LogP contribution in [0.4, 0.5) is 0 Å². The molecule has 11 heteroatoms. The van der Waals surface area contributed by atoms with Crippen LogP contribution in [0.1, 0.15) is 84.0 Å². The summed E-state index contributed by atoms with van der Waals surface area (Å²) in [7, 11) is 0. The number of carbonyl (C=O) groups excluding carboxylic acids is 3. The molecule has 2 atom stereocenters. The molecule has 0 heterocycles. The Kier molecular flexibility index (Phi) is 41.8. The van der Waals surface area contributed by atoms with E-state index in [-0.39, 0.29) is 64.7 Å². The average molecular weight is 804 g/mol. The van der Waals surface area contributed by atoms with Gasteiger partial charge in [0.15, 0.2) is 0 Å². The summed E-state index contributed by atoms with van der Waals surface area (Å²) in [5, 5.41) is 28.0. The van der Waals surface area contributed by atoms with Gasteiger partial charge in [-0.2, -0.15) is 0 Å². The first kappa shape index (κ1) is 47.6. The van der Waals surface area contributed by atoms with Gasteiger partial charge in [-0.1, -0.05) is 92.7 Å². The van der Waals surface area contributed by atoms with E-state index in [1.54, 1.807) is 0 Å². The third-order valence-electron chi connectivity index (χ3n) is 5.50. The molecular formula is C32H49ClN2O7Pt. The number of rotatable bonds is 16. The van der Waals surface area contributed by atoms with E-state index in [9.17, 15) is 9.90 Å². The monoisotopic (exact) mass is 803 g/mol. The number of ether oxygens (including phenoxy) is 1. The van der Waals surface area contributed by atoms with E-state index < -0.39 is 11.9 Å². The second-order valence-corrected chi connectivity index (χ2v) is 9.07. The molecule has 0 amide bonds. The maximum Gasteiger partial charge on any atom is 4.00 e. The number of esters is 1. The molecule has 0 unspecified atom stereocenters. The minimum absolute atomic E-state index is 0. The largest absolute Gasteiger partial charge is 4.00 e. The van der Waals surface area contributed by atoms with Crippen molar-refractivity contribution >= 4 is 17.9 Å². The van der Waals surface area contributed by atoms with E-state index in [0.29, 0.717) is 12.8 Å².